The second kappa shape index (κ2) is 2.23. The molecular formula is C5H12N4. The van der Waals surface area contributed by atoms with Crippen LogP contribution in [0.4, 0.5) is 0 Å². The van der Waals surface area contributed by atoms with Crippen molar-refractivity contribution in [3.8, 4) is 0 Å². The molecule has 0 saturated heterocycles. The fourth-order valence-corrected chi connectivity index (χ4v) is 0.698. The lowest BCUT2D eigenvalue weighted by Gasteiger charge is -1.94. The fraction of sp³-hybridized carbons (Fsp3) is 0.800. The van der Waals surface area contributed by atoms with E-state index >= 15 is 0 Å². The van der Waals surface area contributed by atoms with Gasteiger partial charge in [-0.2, -0.15) is 0 Å². The van der Waals surface area contributed by atoms with Crippen molar-refractivity contribution in [3.05, 3.63) is 0 Å². The van der Waals surface area contributed by atoms with Gasteiger partial charge in [-0.05, 0) is 12.3 Å². The van der Waals surface area contributed by atoms with Crippen molar-refractivity contribution in [2.24, 2.45) is 22.5 Å². The summed E-state index contributed by atoms with van der Waals surface area (Å²) in [4.78, 5) is 4.05. The highest BCUT2D eigenvalue weighted by atomic mass is 15.3. The first-order chi connectivity index (χ1) is 4.24. The van der Waals surface area contributed by atoms with Crippen LogP contribution in [-0.4, -0.2) is 12.0 Å². The van der Waals surface area contributed by atoms with Crippen LogP contribution >= 0.6 is 0 Å². The van der Waals surface area contributed by atoms with Gasteiger partial charge < -0.3 is 5.73 Å². The molecule has 0 heterocycles. The first-order valence-corrected chi connectivity index (χ1v) is 3.04. The van der Waals surface area contributed by atoms with Crippen molar-refractivity contribution >= 4 is 5.96 Å². The summed E-state index contributed by atoms with van der Waals surface area (Å²) in [5.41, 5.74) is 7.57. The Bertz CT molecular complexity index is 131. The van der Waals surface area contributed by atoms with Crippen LogP contribution in [0.5, 0.6) is 0 Å². The van der Waals surface area contributed by atoms with Crippen LogP contribution in [0.15, 0.2) is 4.99 Å². The second-order valence-corrected chi connectivity index (χ2v) is 2.44. The minimum Gasteiger partial charge on any atom is -0.369 e. The van der Waals surface area contributed by atoms with Crippen LogP contribution in [0.1, 0.15) is 13.3 Å². The molecule has 0 aromatic rings. The van der Waals surface area contributed by atoms with Crippen molar-refractivity contribution in [2.45, 2.75) is 19.4 Å². The van der Waals surface area contributed by atoms with E-state index in [4.69, 9.17) is 11.6 Å². The van der Waals surface area contributed by atoms with E-state index in [9.17, 15) is 0 Å². The monoisotopic (exact) mass is 128 g/mol. The van der Waals surface area contributed by atoms with Crippen molar-refractivity contribution in [1.82, 2.24) is 5.43 Å². The number of aliphatic imine (C=N–C) groups is 1. The van der Waals surface area contributed by atoms with Gasteiger partial charge in [0, 0.05) is 0 Å². The highest BCUT2D eigenvalue weighted by Crippen LogP contribution is 2.32. The average molecular weight is 128 g/mol. The average Bonchev–Trinajstić information content (AvgIpc) is 2.47. The second-order valence-electron chi connectivity index (χ2n) is 2.44. The Morgan fingerprint density at radius 2 is 2.33 bits per heavy atom. The lowest BCUT2D eigenvalue weighted by Crippen LogP contribution is -2.37. The van der Waals surface area contributed by atoms with Crippen molar-refractivity contribution in [2.75, 3.05) is 0 Å². The number of hydrazine groups is 1. The molecule has 0 aromatic heterocycles. The van der Waals surface area contributed by atoms with E-state index in [-0.39, 0.29) is 0 Å². The van der Waals surface area contributed by atoms with E-state index < -0.39 is 0 Å². The topological polar surface area (TPSA) is 76.4 Å². The Morgan fingerprint density at radius 1 is 1.78 bits per heavy atom. The smallest absolute Gasteiger partial charge is 0.203 e. The summed E-state index contributed by atoms with van der Waals surface area (Å²) in [6.45, 7) is 2.14. The summed E-state index contributed by atoms with van der Waals surface area (Å²) in [5.74, 6) is 6.02. The Kier molecular flexibility index (Phi) is 1.57. The number of hydrogen-bond acceptors (Lipinski definition) is 2. The molecule has 1 aliphatic carbocycles. The highest BCUT2D eigenvalue weighted by molar-refractivity contribution is 5.77. The van der Waals surface area contributed by atoms with E-state index in [1.54, 1.807) is 0 Å². The molecule has 52 valence electrons. The molecular weight excluding hydrogens is 116 g/mol. The third-order valence-electron chi connectivity index (χ3n) is 1.52. The third kappa shape index (κ3) is 1.57. The van der Waals surface area contributed by atoms with E-state index in [0.717, 1.165) is 6.42 Å². The van der Waals surface area contributed by atoms with Gasteiger partial charge in [-0.15, -0.1) is 0 Å². The lowest BCUT2D eigenvalue weighted by atomic mass is 10.5. The minimum atomic E-state index is 0.337. The van der Waals surface area contributed by atoms with Crippen LogP contribution in [0, 0.1) is 5.92 Å². The number of guanidine groups is 1. The molecule has 1 aliphatic rings. The number of nitrogens with zero attached hydrogens (tertiary/aromatic N) is 1. The molecule has 5 N–H and O–H groups in total. The highest BCUT2D eigenvalue weighted by Gasteiger charge is 2.32. The van der Waals surface area contributed by atoms with Gasteiger partial charge in [0.2, 0.25) is 5.96 Å². The zero-order chi connectivity index (χ0) is 6.85. The van der Waals surface area contributed by atoms with Crippen molar-refractivity contribution in [1.29, 1.82) is 0 Å². The van der Waals surface area contributed by atoms with Crippen LogP contribution in [0.2, 0.25) is 0 Å². The predicted octanol–water partition coefficient (Wildman–Crippen LogP) is -0.827. The quantitative estimate of drug-likeness (QED) is 0.187. The summed E-state index contributed by atoms with van der Waals surface area (Å²) in [7, 11) is 0. The molecule has 9 heavy (non-hydrogen) atoms. The number of nitrogens with one attached hydrogen (secondary N) is 1. The van der Waals surface area contributed by atoms with E-state index in [2.05, 4.69) is 17.3 Å². The van der Waals surface area contributed by atoms with Gasteiger partial charge in [-0.25, -0.2) is 10.8 Å². The Hall–Kier alpha value is -0.770. The Balaban J connectivity index is 2.31. The summed E-state index contributed by atoms with van der Waals surface area (Å²) in [5, 5.41) is 0. The molecule has 1 saturated carbocycles. The van der Waals surface area contributed by atoms with Crippen LogP contribution < -0.4 is 17.0 Å². The Labute approximate surface area is 54.3 Å². The molecule has 0 amide bonds. The largest absolute Gasteiger partial charge is 0.369 e. The molecule has 4 nitrogen and oxygen atoms in total. The van der Waals surface area contributed by atoms with E-state index in [1.807, 2.05) is 0 Å². The maximum atomic E-state index is 5.29. The van der Waals surface area contributed by atoms with Gasteiger partial charge in [-0.1, -0.05) is 6.92 Å². The lowest BCUT2D eigenvalue weighted by molar-refractivity contribution is 0.874. The molecule has 0 radical (unpaired) electrons. The molecule has 2 atom stereocenters. The normalized spacial score (nSPS) is 34.2. The summed E-state index contributed by atoms with van der Waals surface area (Å²) in [6, 6.07) is 0.418. The van der Waals surface area contributed by atoms with Gasteiger partial charge in [-0.3, -0.25) is 5.43 Å². The van der Waals surface area contributed by atoms with Crippen LogP contribution in [0.3, 0.4) is 0 Å². The summed E-state index contributed by atoms with van der Waals surface area (Å²) < 4.78 is 0. The van der Waals surface area contributed by atoms with Gasteiger partial charge >= 0.3 is 0 Å². The standard InChI is InChI=1S/C5H12N4/c1-3-2-4(3)8-5(6)9-7/h3-4H,2,7H2,1H3,(H3,6,8,9). The molecule has 4 heteroatoms. The fourth-order valence-electron chi connectivity index (χ4n) is 0.698. The molecule has 0 aliphatic heterocycles. The SMILES string of the molecule is CC1CC1N=C(N)NN. The van der Waals surface area contributed by atoms with E-state index in [1.165, 1.54) is 0 Å². The minimum absolute atomic E-state index is 0.337. The Morgan fingerprint density at radius 3 is 2.67 bits per heavy atom. The van der Waals surface area contributed by atoms with Gasteiger partial charge in [0.05, 0.1) is 6.04 Å². The van der Waals surface area contributed by atoms with Crippen LogP contribution in [0.25, 0.3) is 0 Å². The maximum Gasteiger partial charge on any atom is 0.203 e. The molecule has 1 fully saturated rings. The van der Waals surface area contributed by atoms with E-state index in [0.29, 0.717) is 17.9 Å². The third-order valence-corrected chi connectivity index (χ3v) is 1.52. The first-order valence-electron chi connectivity index (χ1n) is 3.04. The molecule has 1 rings (SSSR count). The van der Waals surface area contributed by atoms with Gasteiger partial charge in [0.25, 0.3) is 0 Å². The molecule has 0 bridgehead atoms. The van der Waals surface area contributed by atoms with Crippen molar-refractivity contribution < 1.29 is 0 Å². The zero-order valence-electron chi connectivity index (χ0n) is 5.46. The first kappa shape index (κ1) is 6.35. The summed E-state index contributed by atoms with van der Waals surface area (Å²) >= 11 is 0. The maximum absolute atomic E-state index is 5.29. The molecule has 0 aromatic carbocycles. The summed E-state index contributed by atoms with van der Waals surface area (Å²) in [6.07, 6.45) is 1.14. The zero-order valence-corrected chi connectivity index (χ0v) is 5.46. The van der Waals surface area contributed by atoms with Crippen LogP contribution in [-0.2, 0) is 0 Å². The number of nitrogens with two attached hydrogens (primary N) is 2. The predicted molar refractivity (Wildman–Crippen MR) is 36.5 cm³/mol. The van der Waals surface area contributed by atoms with Gasteiger partial charge in [0.1, 0.15) is 0 Å². The molecule has 2 unspecified atom stereocenters. The number of hydrogen-bond donors (Lipinski definition) is 3. The van der Waals surface area contributed by atoms with Crippen molar-refractivity contribution in [3.63, 3.8) is 0 Å². The number of rotatable bonds is 1. The van der Waals surface area contributed by atoms with Gasteiger partial charge in [0.15, 0.2) is 0 Å². The molecule has 0 spiro atoms.